The summed E-state index contributed by atoms with van der Waals surface area (Å²) in [5.41, 5.74) is 4.73. The van der Waals surface area contributed by atoms with E-state index >= 15 is 0 Å². The van der Waals surface area contributed by atoms with Crippen molar-refractivity contribution in [1.29, 1.82) is 0 Å². The molecule has 5 heteroatoms. The molecule has 1 nitrogen and oxygen atoms in total. The maximum atomic E-state index is 14.5. The van der Waals surface area contributed by atoms with Crippen molar-refractivity contribution < 1.29 is 17.3 Å². The molecule has 0 aliphatic carbocycles. The Bertz CT molecular complexity index is 1710. The number of halogens is 3. The van der Waals surface area contributed by atoms with E-state index < -0.39 is 18.6 Å². The Balaban J connectivity index is 1.59. The highest BCUT2D eigenvalue weighted by atomic mass is 32.1. The van der Waals surface area contributed by atoms with Crippen LogP contribution >= 0.6 is 11.3 Å². The number of thiophene rings is 1. The van der Waals surface area contributed by atoms with E-state index in [9.17, 15) is 13.2 Å². The van der Waals surface area contributed by atoms with Crippen molar-refractivity contribution in [1.82, 2.24) is 4.98 Å². The van der Waals surface area contributed by atoms with Gasteiger partial charge in [-0.1, -0.05) is 86.5 Å². The van der Waals surface area contributed by atoms with Crippen molar-refractivity contribution in [2.75, 3.05) is 0 Å². The molecule has 0 amide bonds. The fourth-order valence-corrected chi connectivity index (χ4v) is 6.21. The molecule has 0 spiro atoms. The second-order valence-corrected chi connectivity index (χ2v) is 12.0. The van der Waals surface area contributed by atoms with E-state index in [0.717, 1.165) is 28.9 Å². The maximum absolute atomic E-state index is 14.5. The van der Waals surface area contributed by atoms with Crippen LogP contribution in [0, 0.1) is 19.2 Å². The van der Waals surface area contributed by atoms with Crippen LogP contribution in [0.25, 0.3) is 42.9 Å². The van der Waals surface area contributed by atoms with Crippen LogP contribution in [0.2, 0.25) is 0 Å². The van der Waals surface area contributed by atoms with Gasteiger partial charge in [-0.05, 0) is 66.1 Å². The van der Waals surface area contributed by atoms with Crippen LogP contribution in [0.3, 0.4) is 0 Å². The molecule has 5 rings (SSSR count). The smallest absolute Gasteiger partial charge is 0.255 e. The topological polar surface area (TPSA) is 12.9 Å². The predicted molar refractivity (Wildman–Crippen MR) is 154 cm³/mol. The van der Waals surface area contributed by atoms with E-state index in [-0.39, 0.29) is 21.2 Å². The molecule has 0 atom stereocenters. The Morgan fingerprint density at radius 2 is 1.39 bits per heavy atom. The first-order chi connectivity index (χ1) is 19.1. The number of hydrogen-bond donors (Lipinski definition) is 0. The first-order valence-corrected chi connectivity index (χ1v) is 13.2. The average molecular weight is 533 g/mol. The Kier molecular flexibility index (Phi) is 5.75. The lowest BCUT2D eigenvalue weighted by atomic mass is 9.87. The van der Waals surface area contributed by atoms with Crippen LogP contribution in [0.5, 0.6) is 0 Å². The number of aryl methyl sites for hydroxylation is 2. The quantitative estimate of drug-likeness (QED) is 0.224. The second-order valence-electron chi connectivity index (χ2n) is 10.9. The van der Waals surface area contributed by atoms with E-state index in [4.69, 9.17) is 4.11 Å². The van der Waals surface area contributed by atoms with Gasteiger partial charge in [0.15, 0.2) is 0 Å². The number of nitrogens with zero attached hydrogens (tertiary/aromatic N) is 1. The minimum absolute atomic E-state index is 0.0537. The van der Waals surface area contributed by atoms with Gasteiger partial charge in [-0.2, -0.15) is 13.2 Å². The monoisotopic (exact) mass is 532 g/mol. The summed E-state index contributed by atoms with van der Waals surface area (Å²) < 4.78 is 67.4. The van der Waals surface area contributed by atoms with Crippen molar-refractivity contribution >= 4 is 21.4 Å². The summed E-state index contributed by atoms with van der Waals surface area (Å²) >= 11 is 1.03. The number of pyridine rings is 1. The summed E-state index contributed by atoms with van der Waals surface area (Å²) in [5, 5.41) is 0.0537. The molecule has 0 N–H and O–H groups in total. The third kappa shape index (κ3) is 5.39. The van der Waals surface area contributed by atoms with Crippen molar-refractivity contribution in [3.8, 4) is 32.8 Å². The van der Waals surface area contributed by atoms with Gasteiger partial charge in [0.25, 0.3) is 0 Å². The van der Waals surface area contributed by atoms with Gasteiger partial charge in [-0.25, -0.2) is 0 Å². The minimum atomic E-state index is -4.59. The van der Waals surface area contributed by atoms with Gasteiger partial charge in [0.05, 0.1) is 16.0 Å². The highest BCUT2D eigenvalue weighted by molar-refractivity contribution is 7.23. The summed E-state index contributed by atoms with van der Waals surface area (Å²) in [5.74, 6) is 0. The molecule has 0 aliphatic rings. The molecule has 38 heavy (non-hydrogen) atoms. The number of hydrogen-bond acceptors (Lipinski definition) is 2. The molecule has 2 aromatic heterocycles. The molecule has 3 aromatic carbocycles. The highest BCUT2D eigenvalue weighted by Crippen LogP contribution is 2.49. The van der Waals surface area contributed by atoms with Gasteiger partial charge >= 0.3 is 6.18 Å². The molecule has 0 unspecified atom stereocenters. The van der Waals surface area contributed by atoms with E-state index in [1.165, 1.54) is 23.9 Å². The Morgan fingerprint density at radius 1 is 0.789 bits per heavy atom. The fraction of sp³-hybridized carbons (Fsp3) is 0.242. The Labute approximate surface area is 230 Å². The zero-order chi connectivity index (χ0) is 29.7. The lowest BCUT2D eigenvalue weighted by Gasteiger charge is -2.18. The van der Waals surface area contributed by atoms with Crippen LogP contribution in [-0.2, 0) is 12.6 Å². The summed E-state index contributed by atoms with van der Waals surface area (Å²) in [6, 6.07) is 21.6. The molecule has 0 radical (unpaired) electrons. The SMILES string of the molecule is [2H]C([2H])([2H])c1cc(C)cc(-c2nccc3c(C(F)(F)F)c(-c4ccc(-c5ccc(CC(C)(C)C)cc5)cc4)sc23)c1. The first kappa shape index (κ1) is 22.5. The van der Waals surface area contributed by atoms with Crippen LogP contribution in [-0.4, -0.2) is 4.98 Å². The summed E-state index contributed by atoms with van der Waals surface area (Å²) in [7, 11) is 0. The number of benzene rings is 3. The minimum Gasteiger partial charge on any atom is -0.255 e. The zero-order valence-electron chi connectivity index (χ0n) is 24.7. The van der Waals surface area contributed by atoms with Gasteiger partial charge in [0.2, 0.25) is 0 Å². The number of fused-ring (bicyclic) bond motifs is 1. The second kappa shape index (κ2) is 9.70. The molecule has 2 heterocycles. The normalized spacial score (nSPS) is 13.8. The molecule has 5 aromatic rings. The van der Waals surface area contributed by atoms with Gasteiger partial charge in [0.1, 0.15) is 0 Å². The van der Waals surface area contributed by atoms with Crippen LogP contribution in [0.15, 0.2) is 79.0 Å². The number of rotatable bonds is 4. The lowest BCUT2D eigenvalue weighted by molar-refractivity contribution is -0.135. The molecular formula is C33H30F3NS. The fourth-order valence-electron chi connectivity index (χ4n) is 4.88. The van der Waals surface area contributed by atoms with Crippen molar-refractivity contribution in [2.24, 2.45) is 5.41 Å². The molecule has 0 fully saturated rings. The average Bonchev–Trinajstić information content (AvgIpc) is 3.28. The van der Waals surface area contributed by atoms with E-state index in [2.05, 4.69) is 37.9 Å². The standard InChI is InChI=1S/C33H30F3NS/c1-20-16-21(2)18-26(17-20)29-31-27(14-15-37-29)28(33(34,35)36)30(38-31)25-12-10-24(11-13-25)23-8-6-22(7-9-23)19-32(3,4)5/h6-18H,19H2,1-5H3/i1D3. The molecule has 0 bridgehead atoms. The first-order valence-electron chi connectivity index (χ1n) is 13.9. The van der Waals surface area contributed by atoms with Crippen molar-refractivity contribution in [3.05, 3.63) is 101 Å². The van der Waals surface area contributed by atoms with Crippen LogP contribution < -0.4 is 0 Å². The van der Waals surface area contributed by atoms with Crippen LogP contribution in [0.4, 0.5) is 13.2 Å². The van der Waals surface area contributed by atoms with Gasteiger partial charge < -0.3 is 0 Å². The zero-order valence-corrected chi connectivity index (χ0v) is 22.5. The molecule has 0 saturated heterocycles. The Hall–Kier alpha value is -3.44. The van der Waals surface area contributed by atoms with E-state index in [1.54, 1.807) is 31.2 Å². The van der Waals surface area contributed by atoms with Crippen molar-refractivity contribution in [2.45, 2.75) is 47.1 Å². The molecular weight excluding hydrogens is 499 g/mol. The summed E-state index contributed by atoms with van der Waals surface area (Å²) in [4.78, 5) is 4.52. The highest BCUT2D eigenvalue weighted by Gasteiger charge is 2.38. The number of aromatic nitrogens is 1. The maximum Gasteiger partial charge on any atom is 0.418 e. The van der Waals surface area contributed by atoms with Gasteiger partial charge in [0, 0.05) is 26.1 Å². The number of alkyl halides is 3. The third-order valence-corrected chi connectivity index (χ3v) is 7.67. The molecule has 0 saturated carbocycles. The van der Waals surface area contributed by atoms with Crippen LogP contribution in [0.1, 0.15) is 47.1 Å². The largest absolute Gasteiger partial charge is 0.418 e. The summed E-state index contributed by atoms with van der Waals surface area (Å²) in [6.45, 7) is 5.99. The molecule has 194 valence electrons. The third-order valence-electron chi connectivity index (χ3n) is 6.41. The molecule has 0 aliphatic heterocycles. The van der Waals surface area contributed by atoms with Gasteiger partial charge in [-0.15, -0.1) is 11.3 Å². The predicted octanol–water partition coefficient (Wildman–Crippen LogP) is 10.5. The van der Waals surface area contributed by atoms with E-state index in [1.807, 2.05) is 24.3 Å². The summed E-state index contributed by atoms with van der Waals surface area (Å²) in [6.07, 6.45) is -2.29. The van der Waals surface area contributed by atoms with E-state index in [0.29, 0.717) is 27.1 Å². The van der Waals surface area contributed by atoms with Crippen molar-refractivity contribution in [3.63, 3.8) is 0 Å². The Morgan fingerprint density at radius 3 is 2.00 bits per heavy atom. The lowest BCUT2D eigenvalue weighted by Crippen LogP contribution is -2.08. The van der Waals surface area contributed by atoms with Gasteiger partial charge in [-0.3, -0.25) is 4.98 Å².